The smallest absolute Gasteiger partial charge is 0.422 e. The van der Waals surface area contributed by atoms with Crippen molar-refractivity contribution in [3.8, 4) is 0 Å². The van der Waals surface area contributed by atoms with E-state index in [1.165, 1.54) is 12.5 Å². The minimum Gasteiger partial charge on any atom is -0.478 e. The molecular formula is C8H9F3O3. The molecule has 14 heavy (non-hydrogen) atoms. The molecule has 0 amide bonds. The topological polar surface area (TPSA) is 46.5 Å². The van der Waals surface area contributed by atoms with Gasteiger partial charge >= 0.3 is 12.1 Å². The molecule has 3 nitrogen and oxygen atoms in total. The SMILES string of the molecule is C=C(C(=O)O)C(F)(F)F.C=COC=C. The predicted octanol–water partition coefficient (Wildman–Crippen LogP) is 2.48. The van der Waals surface area contributed by atoms with Crippen molar-refractivity contribution in [2.45, 2.75) is 6.18 Å². The van der Waals surface area contributed by atoms with Crippen molar-refractivity contribution in [3.05, 3.63) is 37.8 Å². The zero-order valence-electron chi connectivity index (χ0n) is 7.17. The van der Waals surface area contributed by atoms with Crippen LogP contribution in [0.15, 0.2) is 37.8 Å². The molecule has 0 aromatic heterocycles. The highest BCUT2D eigenvalue weighted by atomic mass is 19.4. The summed E-state index contributed by atoms with van der Waals surface area (Å²) in [7, 11) is 0. The highest BCUT2D eigenvalue weighted by Crippen LogP contribution is 2.23. The summed E-state index contributed by atoms with van der Waals surface area (Å²) in [4.78, 5) is 9.53. The maximum Gasteiger partial charge on any atom is 0.422 e. The van der Waals surface area contributed by atoms with Gasteiger partial charge in [-0.2, -0.15) is 13.2 Å². The third-order valence-electron chi connectivity index (χ3n) is 0.793. The van der Waals surface area contributed by atoms with Gasteiger partial charge in [0, 0.05) is 0 Å². The van der Waals surface area contributed by atoms with E-state index < -0.39 is 17.7 Å². The van der Waals surface area contributed by atoms with Gasteiger partial charge in [0.1, 0.15) is 5.57 Å². The van der Waals surface area contributed by atoms with Gasteiger partial charge in [-0.25, -0.2) is 4.79 Å². The van der Waals surface area contributed by atoms with Crippen LogP contribution in [0, 0.1) is 0 Å². The molecule has 0 radical (unpaired) electrons. The van der Waals surface area contributed by atoms with Gasteiger partial charge in [-0.3, -0.25) is 0 Å². The summed E-state index contributed by atoms with van der Waals surface area (Å²) in [5.74, 6) is -2.04. The van der Waals surface area contributed by atoms with Gasteiger partial charge in [-0.05, 0) is 0 Å². The number of ether oxygens (including phenoxy) is 1. The molecule has 0 unspecified atom stereocenters. The molecule has 0 aliphatic carbocycles. The normalized spacial score (nSPS) is 9.07. The summed E-state index contributed by atoms with van der Waals surface area (Å²) >= 11 is 0. The Balaban J connectivity index is 0. The molecule has 0 bridgehead atoms. The number of aliphatic carboxylic acids is 1. The van der Waals surface area contributed by atoms with Gasteiger partial charge in [0.25, 0.3) is 0 Å². The van der Waals surface area contributed by atoms with Gasteiger partial charge in [0.05, 0.1) is 12.5 Å². The lowest BCUT2D eigenvalue weighted by Crippen LogP contribution is -2.18. The fourth-order valence-electron chi connectivity index (χ4n) is 0.189. The second kappa shape index (κ2) is 6.76. The van der Waals surface area contributed by atoms with Gasteiger partial charge in [-0.1, -0.05) is 19.7 Å². The number of carboxylic acid groups (broad SMARTS) is 1. The zero-order chi connectivity index (χ0) is 11.8. The average molecular weight is 210 g/mol. The lowest BCUT2D eigenvalue weighted by atomic mass is 10.3. The largest absolute Gasteiger partial charge is 0.478 e. The van der Waals surface area contributed by atoms with Crippen LogP contribution >= 0.6 is 0 Å². The Morgan fingerprint density at radius 1 is 1.29 bits per heavy atom. The first kappa shape index (κ1) is 14.8. The Hall–Kier alpha value is -1.72. The monoisotopic (exact) mass is 210 g/mol. The first-order valence-electron chi connectivity index (χ1n) is 3.14. The minimum atomic E-state index is -4.81. The molecule has 0 aliphatic heterocycles. The van der Waals surface area contributed by atoms with Crippen molar-refractivity contribution in [1.82, 2.24) is 0 Å². The lowest BCUT2D eigenvalue weighted by molar-refractivity contribution is -0.144. The summed E-state index contributed by atoms with van der Waals surface area (Å²) in [6, 6.07) is 0. The van der Waals surface area contributed by atoms with Crippen molar-refractivity contribution in [3.63, 3.8) is 0 Å². The molecule has 0 heterocycles. The summed E-state index contributed by atoms with van der Waals surface area (Å²) in [5, 5.41) is 7.70. The predicted molar refractivity (Wildman–Crippen MR) is 44.3 cm³/mol. The average Bonchev–Trinajstić information content (AvgIpc) is 2.04. The molecule has 1 N–H and O–H groups in total. The van der Waals surface area contributed by atoms with Crippen molar-refractivity contribution in [2.24, 2.45) is 0 Å². The van der Waals surface area contributed by atoms with Crippen LogP contribution < -0.4 is 0 Å². The summed E-state index contributed by atoms with van der Waals surface area (Å²) in [5.41, 5.74) is -1.75. The second-order valence-corrected chi connectivity index (χ2v) is 1.75. The molecule has 0 spiro atoms. The zero-order valence-corrected chi connectivity index (χ0v) is 7.17. The van der Waals surface area contributed by atoms with E-state index in [0.29, 0.717) is 0 Å². The highest BCUT2D eigenvalue weighted by molar-refractivity contribution is 5.87. The Morgan fingerprint density at radius 3 is 1.64 bits per heavy atom. The number of alkyl halides is 3. The van der Waals surface area contributed by atoms with E-state index in [1.807, 2.05) is 0 Å². The molecule has 6 heteroatoms. The molecule has 0 saturated carbocycles. The van der Waals surface area contributed by atoms with Crippen molar-refractivity contribution in [1.29, 1.82) is 0 Å². The molecule has 0 aromatic rings. The van der Waals surface area contributed by atoms with E-state index in [0.717, 1.165) is 0 Å². The number of halogens is 3. The quantitative estimate of drug-likeness (QED) is 0.575. The maximum atomic E-state index is 11.2. The summed E-state index contributed by atoms with van der Waals surface area (Å²) < 4.78 is 38.0. The number of carboxylic acids is 1. The fraction of sp³-hybridized carbons (Fsp3) is 0.125. The first-order chi connectivity index (χ1) is 6.27. The minimum absolute atomic E-state index is 1.31. The van der Waals surface area contributed by atoms with Crippen molar-refractivity contribution in [2.75, 3.05) is 0 Å². The Labute approximate surface area is 78.8 Å². The van der Waals surface area contributed by atoms with Gasteiger partial charge < -0.3 is 9.84 Å². The number of hydrogen-bond donors (Lipinski definition) is 1. The Kier molecular flexibility index (Phi) is 7.14. The van der Waals surface area contributed by atoms with E-state index in [1.54, 1.807) is 0 Å². The van der Waals surface area contributed by atoms with Crippen LogP contribution in [-0.4, -0.2) is 17.3 Å². The molecule has 0 aromatic carbocycles. The number of rotatable bonds is 3. The van der Waals surface area contributed by atoms with E-state index in [4.69, 9.17) is 5.11 Å². The lowest BCUT2D eigenvalue weighted by Gasteiger charge is -2.02. The molecule has 0 rings (SSSR count). The summed E-state index contributed by atoms with van der Waals surface area (Å²) in [6.07, 6.45) is -2.19. The Morgan fingerprint density at radius 2 is 1.64 bits per heavy atom. The highest BCUT2D eigenvalue weighted by Gasteiger charge is 2.36. The van der Waals surface area contributed by atoms with Crippen LogP contribution in [-0.2, 0) is 9.53 Å². The second-order valence-electron chi connectivity index (χ2n) is 1.75. The molecule has 0 saturated heterocycles. The fourth-order valence-corrected chi connectivity index (χ4v) is 0.189. The maximum absolute atomic E-state index is 11.2. The third-order valence-corrected chi connectivity index (χ3v) is 0.793. The number of carbonyl (C=O) groups is 1. The van der Waals surface area contributed by atoms with Crippen LogP contribution in [0.1, 0.15) is 0 Å². The number of hydrogen-bond acceptors (Lipinski definition) is 2. The van der Waals surface area contributed by atoms with Crippen LogP contribution in [0.25, 0.3) is 0 Å². The molecule has 0 fully saturated rings. The summed E-state index contributed by atoms with van der Waals surface area (Å²) in [6.45, 7) is 8.81. The van der Waals surface area contributed by atoms with Gasteiger partial charge in [-0.15, -0.1) is 0 Å². The van der Waals surface area contributed by atoms with E-state index in [-0.39, 0.29) is 0 Å². The van der Waals surface area contributed by atoms with E-state index >= 15 is 0 Å². The van der Waals surface area contributed by atoms with E-state index in [2.05, 4.69) is 24.5 Å². The van der Waals surface area contributed by atoms with E-state index in [9.17, 15) is 18.0 Å². The van der Waals surface area contributed by atoms with Crippen molar-refractivity contribution >= 4 is 5.97 Å². The molecule has 80 valence electrons. The third kappa shape index (κ3) is 8.38. The van der Waals surface area contributed by atoms with Crippen LogP contribution in [0.3, 0.4) is 0 Å². The molecule has 0 aliphatic rings. The van der Waals surface area contributed by atoms with Crippen LogP contribution in [0.4, 0.5) is 13.2 Å². The van der Waals surface area contributed by atoms with Crippen LogP contribution in [0.2, 0.25) is 0 Å². The van der Waals surface area contributed by atoms with Gasteiger partial charge in [0.15, 0.2) is 0 Å². The van der Waals surface area contributed by atoms with Crippen LogP contribution in [0.5, 0.6) is 0 Å². The first-order valence-corrected chi connectivity index (χ1v) is 3.14. The molecule has 0 atom stereocenters. The Bertz CT molecular complexity index is 224. The van der Waals surface area contributed by atoms with Gasteiger partial charge in [0.2, 0.25) is 0 Å². The van der Waals surface area contributed by atoms with Crippen molar-refractivity contribution < 1.29 is 27.8 Å². The molecular weight excluding hydrogens is 201 g/mol. The standard InChI is InChI=1S/C4H3F3O2.C4H6O/c1-2(3(8)9)4(5,6)7;1-3-5-4-2/h1H2,(H,8,9);3-4H,1-2H2.